The van der Waals surface area contributed by atoms with Crippen molar-refractivity contribution in [1.82, 2.24) is 5.32 Å². The summed E-state index contributed by atoms with van der Waals surface area (Å²) in [6.45, 7) is 5.59. The molecule has 0 spiro atoms. The smallest absolute Gasteiger partial charge is 0.261 e. The van der Waals surface area contributed by atoms with Crippen molar-refractivity contribution in [2.45, 2.75) is 44.2 Å². The second kappa shape index (κ2) is 8.36. The fourth-order valence-corrected chi connectivity index (χ4v) is 3.20. The highest BCUT2D eigenvalue weighted by molar-refractivity contribution is 7.90. The van der Waals surface area contributed by atoms with E-state index < -0.39 is 15.9 Å². The van der Waals surface area contributed by atoms with Gasteiger partial charge in [0.1, 0.15) is 5.75 Å². The number of nitrogens with one attached hydrogen (secondary N) is 1. The molecule has 0 unspecified atom stereocenters. The molecule has 140 valence electrons. The second-order valence-corrected chi connectivity index (χ2v) is 8.31. The molecule has 0 saturated carbocycles. The predicted molar refractivity (Wildman–Crippen MR) is 102 cm³/mol. The van der Waals surface area contributed by atoms with Gasteiger partial charge in [-0.2, -0.15) is 0 Å². The lowest BCUT2D eigenvalue weighted by Crippen LogP contribution is -2.37. The van der Waals surface area contributed by atoms with E-state index in [0.29, 0.717) is 5.75 Å². The first-order valence-corrected chi connectivity index (χ1v) is 10.5. The molecule has 0 aliphatic carbocycles. The molecule has 0 aromatic heterocycles. The molecule has 0 fully saturated rings. The minimum Gasteiger partial charge on any atom is -0.481 e. The van der Waals surface area contributed by atoms with E-state index in [4.69, 9.17) is 4.74 Å². The van der Waals surface area contributed by atoms with Crippen LogP contribution in [0.5, 0.6) is 5.75 Å². The van der Waals surface area contributed by atoms with Gasteiger partial charge in [-0.15, -0.1) is 0 Å². The maximum atomic E-state index is 12.4. The number of para-hydroxylation sites is 1. The minimum absolute atomic E-state index is 0.226. The van der Waals surface area contributed by atoms with Crippen molar-refractivity contribution >= 4 is 15.7 Å². The molecule has 2 aromatic rings. The number of carbonyl (C=O) groups is 1. The van der Waals surface area contributed by atoms with Crippen LogP contribution in [0.2, 0.25) is 0 Å². The molecule has 0 aliphatic rings. The van der Waals surface area contributed by atoms with Crippen molar-refractivity contribution < 1.29 is 17.9 Å². The van der Waals surface area contributed by atoms with Crippen molar-refractivity contribution in [3.63, 3.8) is 0 Å². The van der Waals surface area contributed by atoms with Gasteiger partial charge in [0.25, 0.3) is 5.91 Å². The van der Waals surface area contributed by atoms with Gasteiger partial charge in [-0.1, -0.05) is 37.3 Å². The van der Waals surface area contributed by atoms with E-state index in [1.807, 2.05) is 38.1 Å². The van der Waals surface area contributed by atoms with Crippen LogP contribution in [0.3, 0.4) is 0 Å². The first-order chi connectivity index (χ1) is 12.2. The predicted octanol–water partition coefficient (Wildman–Crippen LogP) is 3.30. The molecule has 6 heteroatoms. The van der Waals surface area contributed by atoms with Gasteiger partial charge in [-0.05, 0) is 49.6 Å². The Labute approximate surface area is 155 Å². The molecule has 0 saturated heterocycles. The van der Waals surface area contributed by atoms with Gasteiger partial charge in [-0.25, -0.2) is 8.42 Å². The zero-order valence-electron chi connectivity index (χ0n) is 15.5. The van der Waals surface area contributed by atoms with Crippen LogP contribution in [0.15, 0.2) is 53.4 Å². The van der Waals surface area contributed by atoms with Gasteiger partial charge in [0.2, 0.25) is 0 Å². The molecule has 5 nitrogen and oxygen atoms in total. The molecule has 26 heavy (non-hydrogen) atoms. The molecule has 2 atom stereocenters. The average molecular weight is 375 g/mol. The Kier molecular flexibility index (Phi) is 6.42. The van der Waals surface area contributed by atoms with E-state index in [9.17, 15) is 13.2 Å². The van der Waals surface area contributed by atoms with Gasteiger partial charge in [0.15, 0.2) is 15.9 Å². The summed E-state index contributed by atoms with van der Waals surface area (Å²) in [5, 5.41) is 2.90. The topological polar surface area (TPSA) is 72.5 Å². The molecule has 0 radical (unpaired) electrons. The molecule has 0 heterocycles. The molecule has 1 N–H and O–H groups in total. The fraction of sp³-hybridized carbons (Fsp3) is 0.350. The number of aryl methyl sites for hydroxylation is 1. The van der Waals surface area contributed by atoms with Crippen LogP contribution in [0.25, 0.3) is 0 Å². The van der Waals surface area contributed by atoms with Crippen LogP contribution in [0, 0.1) is 0 Å². The normalized spacial score (nSPS) is 13.7. The van der Waals surface area contributed by atoms with E-state index in [1.54, 1.807) is 31.2 Å². The molecular weight excluding hydrogens is 350 g/mol. The maximum absolute atomic E-state index is 12.4. The molecular formula is C20H25NO4S. The minimum atomic E-state index is -3.23. The standard InChI is InChI=1S/C20H25NO4S/c1-5-16-8-6-7-9-19(16)25-15(3)20(22)21-14(2)17-10-12-18(13-11-17)26(4,23)24/h6-15H,5H2,1-4H3,(H,21,22)/t14-,15+/m1/s1. The lowest BCUT2D eigenvalue weighted by atomic mass is 10.1. The third-order valence-electron chi connectivity index (χ3n) is 4.19. The zero-order valence-corrected chi connectivity index (χ0v) is 16.3. The number of hydrogen-bond donors (Lipinski definition) is 1. The first-order valence-electron chi connectivity index (χ1n) is 8.57. The quantitative estimate of drug-likeness (QED) is 0.806. The Morgan fingerprint density at radius 3 is 2.27 bits per heavy atom. The monoisotopic (exact) mass is 375 g/mol. The molecule has 0 aliphatic heterocycles. The van der Waals surface area contributed by atoms with Gasteiger partial charge in [0.05, 0.1) is 10.9 Å². The van der Waals surface area contributed by atoms with Gasteiger partial charge in [0, 0.05) is 6.26 Å². The molecule has 2 aromatic carbocycles. The first kappa shape index (κ1) is 20.0. The van der Waals surface area contributed by atoms with Crippen LogP contribution in [0.1, 0.15) is 37.9 Å². The number of carbonyl (C=O) groups excluding carboxylic acids is 1. The highest BCUT2D eigenvalue weighted by Crippen LogP contribution is 2.20. The van der Waals surface area contributed by atoms with E-state index in [1.165, 1.54) is 6.26 Å². The van der Waals surface area contributed by atoms with Crippen LogP contribution in [0.4, 0.5) is 0 Å². The number of amides is 1. The highest BCUT2D eigenvalue weighted by atomic mass is 32.2. The van der Waals surface area contributed by atoms with Crippen molar-refractivity contribution in [1.29, 1.82) is 0 Å². The van der Waals surface area contributed by atoms with E-state index in [0.717, 1.165) is 17.5 Å². The van der Waals surface area contributed by atoms with E-state index in [-0.39, 0.29) is 16.8 Å². The van der Waals surface area contributed by atoms with E-state index in [2.05, 4.69) is 5.32 Å². The van der Waals surface area contributed by atoms with Crippen molar-refractivity contribution in [3.8, 4) is 5.75 Å². The average Bonchev–Trinajstić information content (AvgIpc) is 2.61. The number of ether oxygens (including phenoxy) is 1. The van der Waals surface area contributed by atoms with Gasteiger partial charge < -0.3 is 10.1 Å². The zero-order chi connectivity index (χ0) is 19.3. The Morgan fingerprint density at radius 1 is 1.08 bits per heavy atom. The number of benzene rings is 2. The van der Waals surface area contributed by atoms with Crippen molar-refractivity contribution in [2.24, 2.45) is 0 Å². The maximum Gasteiger partial charge on any atom is 0.261 e. The Morgan fingerprint density at radius 2 is 1.69 bits per heavy atom. The van der Waals surface area contributed by atoms with Crippen LogP contribution >= 0.6 is 0 Å². The van der Waals surface area contributed by atoms with Gasteiger partial charge >= 0.3 is 0 Å². The van der Waals surface area contributed by atoms with Crippen molar-refractivity contribution in [3.05, 3.63) is 59.7 Å². The van der Waals surface area contributed by atoms with Crippen molar-refractivity contribution in [2.75, 3.05) is 6.26 Å². The summed E-state index contributed by atoms with van der Waals surface area (Å²) < 4.78 is 28.8. The Bertz CT molecular complexity index is 860. The number of rotatable bonds is 7. The highest BCUT2D eigenvalue weighted by Gasteiger charge is 2.19. The molecule has 1 amide bonds. The van der Waals surface area contributed by atoms with Gasteiger partial charge in [-0.3, -0.25) is 4.79 Å². The van der Waals surface area contributed by atoms with Crippen LogP contribution in [-0.4, -0.2) is 26.7 Å². The summed E-state index contributed by atoms with van der Waals surface area (Å²) in [4.78, 5) is 12.7. The summed E-state index contributed by atoms with van der Waals surface area (Å²) in [5.74, 6) is 0.485. The summed E-state index contributed by atoms with van der Waals surface area (Å²) in [7, 11) is -3.23. The van der Waals surface area contributed by atoms with Crippen LogP contribution < -0.4 is 10.1 Å². The summed E-state index contributed by atoms with van der Waals surface area (Å²) in [6, 6.07) is 13.9. The third-order valence-corrected chi connectivity index (χ3v) is 5.32. The van der Waals surface area contributed by atoms with Crippen LogP contribution in [-0.2, 0) is 21.1 Å². The lowest BCUT2D eigenvalue weighted by Gasteiger charge is -2.20. The second-order valence-electron chi connectivity index (χ2n) is 6.29. The largest absolute Gasteiger partial charge is 0.481 e. The molecule has 0 bridgehead atoms. The number of sulfone groups is 1. The molecule has 2 rings (SSSR count). The van der Waals surface area contributed by atoms with E-state index >= 15 is 0 Å². The Hall–Kier alpha value is -2.34. The SMILES string of the molecule is CCc1ccccc1O[C@@H](C)C(=O)N[C@H](C)c1ccc(S(C)(=O)=O)cc1. The summed E-state index contributed by atoms with van der Waals surface area (Å²) >= 11 is 0. The number of hydrogen-bond acceptors (Lipinski definition) is 4. The summed E-state index contributed by atoms with van der Waals surface area (Å²) in [5.41, 5.74) is 1.88. The Balaban J connectivity index is 2.01. The lowest BCUT2D eigenvalue weighted by molar-refractivity contribution is -0.127. The summed E-state index contributed by atoms with van der Waals surface area (Å²) in [6.07, 6.45) is 1.36. The third kappa shape index (κ3) is 5.08. The fourth-order valence-electron chi connectivity index (χ4n) is 2.57.